The van der Waals surface area contributed by atoms with Crippen molar-refractivity contribution >= 4 is 6.29 Å². The Balaban J connectivity index is 3.22. The van der Waals surface area contributed by atoms with Gasteiger partial charge in [0.15, 0.2) is 0 Å². The summed E-state index contributed by atoms with van der Waals surface area (Å²) in [5, 5.41) is 0. The van der Waals surface area contributed by atoms with Gasteiger partial charge in [0.2, 0.25) is 0 Å². The smallest absolute Gasteiger partial charge is 0.150 e. The fraction of sp³-hybridized carbons (Fsp3) is 0.500. The Kier molecular flexibility index (Phi) is 3.74. The molecule has 0 atom stereocenters. The van der Waals surface area contributed by atoms with Crippen LogP contribution in [0, 0.1) is 0 Å². The summed E-state index contributed by atoms with van der Waals surface area (Å²) >= 11 is 0. The van der Waals surface area contributed by atoms with Crippen molar-refractivity contribution in [3.63, 3.8) is 0 Å². The molecule has 0 aliphatic heterocycles. The molecule has 0 aliphatic rings. The molecule has 0 spiro atoms. The van der Waals surface area contributed by atoms with Gasteiger partial charge in [-0.05, 0) is 37.5 Å². The van der Waals surface area contributed by atoms with Gasteiger partial charge in [0.25, 0.3) is 0 Å². The summed E-state index contributed by atoms with van der Waals surface area (Å²) in [4.78, 5) is 10.8. The van der Waals surface area contributed by atoms with Crippen molar-refractivity contribution in [3.8, 4) is 5.75 Å². The number of aldehydes is 1. The van der Waals surface area contributed by atoms with Gasteiger partial charge in [0, 0.05) is 11.1 Å². The fourth-order valence-corrected chi connectivity index (χ4v) is 1.56. The molecule has 0 saturated carbocycles. The third-order valence-electron chi connectivity index (χ3n) is 2.31. The zero-order valence-corrected chi connectivity index (χ0v) is 10.7. The zero-order chi connectivity index (χ0) is 12.3. The van der Waals surface area contributed by atoms with Crippen molar-refractivity contribution in [1.29, 1.82) is 0 Å². The van der Waals surface area contributed by atoms with Gasteiger partial charge < -0.3 is 4.74 Å². The highest BCUT2D eigenvalue weighted by atomic mass is 16.5. The van der Waals surface area contributed by atoms with Gasteiger partial charge in [-0.25, -0.2) is 0 Å². The SMILES string of the molecule is CC(C)Oc1ccc(C=O)cc1C(C)(C)C. The Labute approximate surface area is 97.6 Å². The van der Waals surface area contributed by atoms with E-state index in [0.717, 1.165) is 17.6 Å². The van der Waals surface area contributed by atoms with Gasteiger partial charge in [-0.15, -0.1) is 0 Å². The maximum atomic E-state index is 10.8. The van der Waals surface area contributed by atoms with Gasteiger partial charge >= 0.3 is 0 Å². The summed E-state index contributed by atoms with van der Waals surface area (Å²) in [6.45, 7) is 10.3. The summed E-state index contributed by atoms with van der Waals surface area (Å²) < 4.78 is 5.76. The van der Waals surface area contributed by atoms with Crippen LogP contribution in [0.4, 0.5) is 0 Å². The molecule has 0 amide bonds. The Morgan fingerprint density at radius 1 is 1.25 bits per heavy atom. The molecule has 2 heteroatoms. The Bertz CT molecular complexity index is 373. The van der Waals surface area contributed by atoms with Gasteiger partial charge in [0.05, 0.1) is 6.10 Å². The molecule has 0 radical (unpaired) electrons. The molecule has 2 nitrogen and oxygen atoms in total. The van der Waals surface area contributed by atoms with E-state index in [9.17, 15) is 4.79 Å². The Hall–Kier alpha value is -1.31. The van der Waals surface area contributed by atoms with E-state index in [1.807, 2.05) is 26.0 Å². The highest BCUT2D eigenvalue weighted by Gasteiger charge is 2.20. The lowest BCUT2D eigenvalue weighted by Gasteiger charge is -2.24. The second kappa shape index (κ2) is 4.69. The fourth-order valence-electron chi connectivity index (χ4n) is 1.56. The van der Waals surface area contributed by atoms with Crippen LogP contribution in [0.1, 0.15) is 50.5 Å². The topological polar surface area (TPSA) is 26.3 Å². The minimum absolute atomic E-state index is 0.0246. The first-order valence-corrected chi connectivity index (χ1v) is 5.61. The maximum Gasteiger partial charge on any atom is 0.150 e. The normalized spacial score (nSPS) is 11.6. The second-order valence-electron chi connectivity index (χ2n) is 5.29. The molecule has 1 rings (SSSR count). The van der Waals surface area contributed by atoms with Crippen molar-refractivity contribution in [2.75, 3.05) is 0 Å². The van der Waals surface area contributed by atoms with Crippen LogP contribution in [0.2, 0.25) is 0 Å². The van der Waals surface area contributed by atoms with Crippen LogP contribution in [-0.4, -0.2) is 12.4 Å². The second-order valence-corrected chi connectivity index (χ2v) is 5.29. The summed E-state index contributed by atoms with van der Waals surface area (Å²) in [5.74, 6) is 0.869. The van der Waals surface area contributed by atoms with Gasteiger partial charge in [-0.2, -0.15) is 0 Å². The van der Waals surface area contributed by atoms with E-state index < -0.39 is 0 Å². The molecular formula is C14H20O2. The molecule has 88 valence electrons. The average molecular weight is 220 g/mol. The third kappa shape index (κ3) is 3.09. The van der Waals surface area contributed by atoms with Crippen LogP contribution >= 0.6 is 0 Å². The van der Waals surface area contributed by atoms with E-state index in [1.54, 1.807) is 6.07 Å². The molecule has 0 heterocycles. The number of hydrogen-bond donors (Lipinski definition) is 0. The van der Waals surface area contributed by atoms with Crippen LogP contribution < -0.4 is 4.74 Å². The van der Waals surface area contributed by atoms with E-state index in [1.165, 1.54) is 0 Å². The third-order valence-corrected chi connectivity index (χ3v) is 2.31. The van der Waals surface area contributed by atoms with Crippen molar-refractivity contribution in [2.24, 2.45) is 0 Å². The Morgan fingerprint density at radius 2 is 1.88 bits per heavy atom. The standard InChI is InChI=1S/C14H20O2/c1-10(2)16-13-7-6-11(9-15)8-12(13)14(3,4)5/h6-10H,1-5H3. The molecule has 0 bridgehead atoms. The van der Waals surface area contributed by atoms with E-state index in [-0.39, 0.29) is 11.5 Å². The number of hydrogen-bond acceptors (Lipinski definition) is 2. The summed E-state index contributed by atoms with van der Waals surface area (Å²) in [7, 11) is 0. The Morgan fingerprint density at radius 3 is 2.31 bits per heavy atom. The highest BCUT2D eigenvalue weighted by molar-refractivity contribution is 5.75. The highest BCUT2D eigenvalue weighted by Crippen LogP contribution is 2.32. The summed E-state index contributed by atoms with van der Waals surface area (Å²) in [6.07, 6.45) is 1.01. The minimum atomic E-state index is -0.0246. The lowest BCUT2D eigenvalue weighted by molar-refractivity contribution is 0.112. The molecule has 16 heavy (non-hydrogen) atoms. The van der Waals surface area contributed by atoms with E-state index >= 15 is 0 Å². The number of rotatable bonds is 3. The van der Waals surface area contributed by atoms with E-state index in [0.29, 0.717) is 5.56 Å². The predicted molar refractivity (Wildman–Crippen MR) is 66.3 cm³/mol. The molecule has 0 saturated heterocycles. The quantitative estimate of drug-likeness (QED) is 0.728. The molecule has 1 aromatic rings. The van der Waals surface area contributed by atoms with Crippen LogP contribution in [0.15, 0.2) is 18.2 Å². The predicted octanol–water partition coefficient (Wildman–Crippen LogP) is 3.58. The van der Waals surface area contributed by atoms with E-state index in [4.69, 9.17) is 4.74 Å². The van der Waals surface area contributed by atoms with Gasteiger partial charge in [0.1, 0.15) is 12.0 Å². The molecule has 0 aliphatic carbocycles. The lowest BCUT2D eigenvalue weighted by Crippen LogP contribution is -2.16. The van der Waals surface area contributed by atoms with Crippen LogP contribution in [0.25, 0.3) is 0 Å². The van der Waals surface area contributed by atoms with Crippen LogP contribution in [0.3, 0.4) is 0 Å². The van der Waals surface area contributed by atoms with Crippen LogP contribution in [0.5, 0.6) is 5.75 Å². The lowest BCUT2D eigenvalue weighted by atomic mass is 9.85. The molecular weight excluding hydrogens is 200 g/mol. The molecule has 0 N–H and O–H groups in total. The first-order valence-electron chi connectivity index (χ1n) is 5.61. The van der Waals surface area contributed by atoms with Gasteiger partial charge in [-0.1, -0.05) is 20.8 Å². The monoisotopic (exact) mass is 220 g/mol. The first kappa shape index (κ1) is 12.8. The zero-order valence-electron chi connectivity index (χ0n) is 10.7. The largest absolute Gasteiger partial charge is 0.491 e. The molecule has 0 aromatic heterocycles. The number of carbonyl (C=O) groups is 1. The van der Waals surface area contributed by atoms with E-state index in [2.05, 4.69) is 20.8 Å². The minimum Gasteiger partial charge on any atom is -0.491 e. The van der Waals surface area contributed by atoms with Crippen molar-refractivity contribution < 1.29 is 9.53 Å². The number of ether oxygens (including phenoxy) is 1. The summed E-state index contributed by atoms with van der Waals surface area (Å²) in [5.41, 5.74) is 1.75. The molecule has 0 fully saturated rings. The average Bonchev–Trinajstić information content (AvgIpc) is 2.15. The van der Waals surface area contributed by atoms with Crippen molar-refractivity contribution in [1.82, 2.24) is 0 Å². The van der Waals surface area contributed by atoms with Crippen molar-refractivity contribution in [3.05, 3.63) is 29.3 Å². The maximum absolute atomic E-state index is 10.8. The van der Waals surface area contributed by atoms with Crippen LogP contribution in [-0.2, 0) is 5.41 Å². The first-order chi connectivity index (χ1) is 7.34. The van der Waals surface area contributed by atoms with Crippen molar-refractivity contribution in [2.45, 2.75) is 46.1 Å². The number of benzene rings is 1. The molecule has 0 unspecified atom stereocenters. The summed E-state index contributed by atoms with van der Waals surface area (Å²) in [6, 6.07) is 5.58. The molecule has 1 aromatic carbocycles. The number of carbonyl (C=O) groups excluding carboxylic acids is 1. The van der Waals surface area contributed by atoms with Gasteiger partial charge in [-0.3, -0.25) is 4.79 Å².